The predicted molar refractivity (Wildman–Crippen MR) is 90.0 cm³/mol. The Kier molecular flexibility index (Phi) is 6.57. The van der Waals surface area contributed by atoms with Crippen LogP contribution in [0, 0.1) is 0 Å². The lowest BCUT2D eigenvalue weighted by Gasteiger charge is -2.50. The fourth-order valence-corrected chi connectivity index (χ4v) is 2.64. The van der Waals surface area contributed by atoms with Crippen molar-refractivity contribution in [1.82, 2.24) is 0 Å². The van der Waals surface area contributed by atoms with Crippen molar-refractivity contribution in [3.63, 3.8) is 0 Å². The van der Waals surface area contributed by atoms with Crippen molar-refractivity contribution >= 4 is 11.9 Å². The molecule has 2 aliphatic heterocycles. The lowest BCUT2D eigenvalue weighted by Crippen LogP contribution is -2.68. The molecule has 0 amide bonds. The molecule has 4 atom stereocenters. The summed E-state index contributed by atoms with van der Waals surface area (Å²) >= 11 is 0. The monoisotopic (exact) mass is 370 g/mol. The Morgan fingerprint density at radius 1 is 1.00 bits per heavy atom. The van der Waals surface area contributed by atoms with Crippen molar-refractivity contribution in [2.24, 2.45) is 0 Å². The fourth-order valence-electron chi connectivity index (χ4n) is 2.64. The van der Waals surface area contributed by atoms with Gasteiger partial charge in [0, 0.05) is 20.6 Å². The van der Waals surface area contributed by atoms with Gasteiger partial charge in [0.1, 0.15) is 0 Å². The average Bonchev–Trinajstić information content (AvgIpc) is 2.63. The highest BCUT2D eigenvalue weighted by Crippen LogP contribution is 2.39. The molecule has 0 aromatic rings. The van der Waals surface area contributed by atoms with Crippen LogP contribution in [0.2, 0.25) is 0 Å². The quantitative estimate of drug-likeness (QED) is 0.676. The normalized spacial score (nSPS) is 38.1. The van der Waals surface area contributed by atoms with Gasteiger partial charge in [-0.25, -0.2) is 9.59 Å². The predicted octanol–water partition coefficient (Wildman–Crippen LogP) is 1.49. The third kappa shape index (κ3) is 4.15. The first-order valence-electron chi connectivity index (χ1n) is 8.40. The van der Waals surface area contributed by atoms with Crippen molar-refractivity contribution in [3.8, 4) is 0 Å². The number of carbonyl (C=O) groups excluding carboxylic acids is 2. The number of hydrogen-bond donors (Lipinski definition) is 0. The molecule has 0 aromatic heterocycles. The van der Waals surface area contributed by atoms with Crippen LogP contribution in [0.1, 0.15) is 26.7 Å². The molecule has 0 unspecified atom stereocenters. The van der Waals surface area contributed by atoms with Gasteiger partial charge in [0.2, 0.25) is 11.6 Å². The van der Waals surface area contributed by atoms with E-state index in [2.05, 4.69) is 6.58 Å². The second-order valence-corrected chi connectivity index (χ2v) is 6.31. The number of esters is 2. The topological polar surface area (TPSA) is 89.5 Å². The summed E-state index contributed by atoms with van der Waals surface area (Å²) in [6.45, 7) is 7.22. The molecule has 0 aliphatic carbocycles. The molecule has 26 heavy (non-hydrogen) atoms. The Hall–Kier alpha value is -1.74. The van der Waals surface area contributed by atoms with Crippen molar-refractivity contribution in [3.05, 3.63) is 24.3 Å². The summed E-state index contributed by atoms with van der Waals surface area (Å²) in [4.78, 5) is 25.0. The molecule has 1 fully saturated rings. The van der Waals surface area contributed by atoms with Crippen LogP contribution < -0.4 is 0 Å². The molecular weight excluding hydrogens is 344 g/mol. The van der Waals surface area contributed by atoms with Gasteiger partial charge in [-0.05, 0) is 20.3 Å². The minimum atomic E-state index is -1.44. The smallest absolute Gasteiger partial charge is 0.338 e. The third-order valence-electron chi connectivity index (χ3n) is 4.60. The largest absolute Gasteiger partial charge is 0.463 e. The number of fused-ring (bicyclic) bond motifs is 1. The second kappa shape index (κ2) is 8.30. The van der Waals surface area contributed by atoms with Crippen molar-refractivity contribution in [2.75, 3.05) is 27.4 Å². The number of carbonyl (C=O) groups is 2. The van der Waals surface area contributed by atoms with Crippen molar-refractivity contribution < 1.29 is 38.0 Å². The van der Waals surface area contributed by atoms with Gasteiger partial charge in [-0.2, -0.15) is 0 Å². The van der Waals surface area contributed by atoms with Crippen LogP contribution in [0.25, 0.3) is 0 Å². The Labute approximate surface area is 153 Å². The Morgan fingerprint density at radius 2 is 1.50 bits per heavy atom. The maximum Gasteiger partial charge on any atom is 0.338 e. The zero-order chi connectivity index (χ0) is 19.4. The van der Waals surface area contributed by atoms with Gasteiger partial charge in [-0.3, -0.25) is 0 Å². The summed E-state index contributed by atoms with van der Waals surface area (Å²) in [6.07, 6.45) is 1.93. The SMILES string of the molecule is C=C1/C=C/CCOC(=O)[C@@H]2O[C@@](C)(OC)[C@](C)(OC)O[C@H]2C(=O)OCC1. The highest BCUT2D eigenvalue weighted by atomic mass is 16.8. The van der Waals surface area contributed by atoms with Crippen LogP contribution in [0.15, 0.2) is 24.3 Å². The lowest BCUT2D eigenvalue weighted by molar-refractivity contribution is -0.439. The summed E-state index contributed by atoms with van der Waals surface area (Å²) in [5.74, 6) is -4.37. The second-order valence-electron chi connectivity index (χ2n) is 6.31. The van der Waals surface area contributed by atoms with Crippen LogP contribution in [0.4, 0.5) is 0 Å². The molecule has 2 aliphatic rings. The highest BCUT2D eigenvalue weighted by molar-refractivity contribution is 5.86. The van der Waals surface area contributed by atoms with Gasteiger partial charge in [0.25, 0.3) is 0 Å². The van der Waals surface area contributed by atoms with Crippen molar-refractivity contribution in [1.29, 1.82) is 0 Å². The number of hydrogen-bond acceptors (Lipinski definition) is 8. The number of methoxy groups -OCH3 is 2. The molecule has 0 spiro atoms. The van der Waals surface area contributed by atoms with Gasteiger partial charge < -0.3 is 28.4 Å². The zero-order valence-electron chi connectivity index (χ0n) is 15.6. The summed E-state index contributed by atoms with van der Waals surface area (Å²) in [5.41, 5.74) is 0.800. The first-order chi connectivity index (χ1) is 12.3. The van der Waals surface area contributed by atoms with Gasteiger partial charge in [0.15, 0.2) is 12.2 Å². The first-order valence-corrected chi connectivity index (χ1v) is 8.40. The van der Waals surface area contributed by atoms with Gasteiger partial charge in [0.05, 0.1) is 13.2 Å². The summed E-state index contributed by atoms with van der Waals surface area (Å²) < 4.78 is 32.8. The molecule has 0 bridgehead atoms. The lowest BCUT2D eigenvalue weighted by atomic mass is 10.0. The first kappa shape index (κ1) is 20.6. The molecule has 8 heteroatoms. The van der Waals surface area contributed by atoms with E-state index >= 15 is 0 Å². The highest BCUT2D eigenvalue weighted by Gasteiger charge is 2.60. The minimum absolute atomic E-state index is 0.106. The van der Waals surface area contributed by atoms with Gasteiger partial charge >= 0.3 is 11.9 Å². The minimum Gasteiger partial charge on any atom is -0.463 e. The third-order valence-corrected chi connectivity index (χ3v) is 4.60. The molecule has 0 aromatic carbocycles. The summed E-state index contributed by atoms with van der Waals surface area (Å²) in [7, 11) is 2.78. The Balaban J connectivity index is 2.30. The standard InChI is InChI=1S/C18H26O8/c1-12-8-6-7-10-23-15(19)13-14(16(20)24-11-9-12)26-18(3,22-5)17(2,21-4)25-13/h6,8,13-14H,1,7,9-11H2,2-5H3/b8-6+/t13-,14-,17-,18-/m1/s1. The van der Waals surface area contributed by atoms with Crippen LogP contribution >= 0.6 is 0 Å². The van der Waals surface area contributed by atoms with Gasteiger partial charge in [-0.1, -0.05) is 24.3 Å². The van der Waals surface area contributed by atoms with Crippen LogP contribution in [-0.4, -0.2) is 63.2 Å². The number of allylic oxidation sites excluding steroid dienone is 1. The fraction of sp³-hybridized carbons (Fsp3) is 0.667. The molecule has 0 radical (unpaired) electrons. The maximum absolute atomic E-state index is 12.5. The van der Waals surface area contributed by atoms with E-state index in [1.807, 2.05) is 12.2 Å². The van der Waals surface area contributed by atoms with Crippen LogP contribution in [-0.2, 0) is 38.0 Å². The molecule has 2 rings (SSSR count). The van der Waals surface area contributed by atoms with E-state index in [1.54, 1.807) is 13.8 Å². The van der Waals surface area contributed by atoms with Gasteiger partial charge in [-0.15, -0.1) is 0 Å². The van der Waals surface area contributed by atoms with E-state index in [4.69, 9.17) is 28.4 Å². The molecular formula is C18H26O8. The Bertz CT molecular complexity index is 586. The zero-order valence-corrected chi connectivity index (χ0v) is 15.6. The molecule has 1 saturated heterocycles. The molecule has 0 saturated carbocycles. The van der Waals surface area contributed by atoms with E-state index in [1.165, 1.54) is 14.2 Å². The average molecular weight is 370 g/mol. The number of ether oxygens (including phenoxy) is 6. The van der Waals surface area contributed by atoms with Crippen LogP contribution in [0.5, 0.6) is 0 Å². The molecule has 146 valence electrons. The van der Waals surface area contributed by atoms with Crippen molar-refractivity contribution in [2.45, 2.75) is 50.5 Å². The molecule has 8 nitrogen and oxygen atoms in total. The summed E-state index contributed by atoms with van der Waals surface area (Å²) in [5, 5.41) is 0. The molecule has 0 N–H and O–H groups in total. The Morgan fingerprint density at radius 3 is 2.00 bits per heavy atom. The van der Waals surface area contributed by atoms with E-state index in [0.717, 1.165) is 5.57 Å². The van der Waals surface area contributed by atoms with E-state index in [-0.39, 0.29) is 13.2 Å². The van der Waals surface area contributed by atoms with E-state index in [9.17, 15) is 9.59 Å². The number of rotatable bonds is 2. The summed E-state index contributed by atoms with van der Waals surface area (Å²) in [6, 6.07) is 0. The maximum atomic E-state index is 12.5. The van der Waals surface area contributed by atoms with E-state index < -0.39 is 35.7 Å². The number of cyclic esters (lactones) is 2. The van der Waals surface area contributed by atoms with Crippen LogP contribution in [0.3, 0.4) is 0 Å². The molecule has 2 heterocycles. The van der Waals surface area contributed by atoms with E-state index in [0.29, 0.717) is 12.8 Å².